The molecule has 0 aliphatic carbocycles. The number of sulfonamides is 1. The molecule has 1 amide bonds. The van der Waals surface area contributed by atoms with Crippen LogP contribution in [0.1, 0.15) is 35.3 Å². The van der Waals surface area contributed by atoms with Gasteiger partial charge in [-0.05, 0) is 57.5 Å². The number of rotatable bonds is 5. The first-order valence-electron chi connectivity index (χ1n) is 10.8. The highest BCUT2D eigenvalue weighted by Gasteiger charge is 2.34. The molecule has 0 bridgehead atoms. The first-order valence-corrected chi connectivity index (χ1v) is 13.5. The van der Waals surface area contributed by atoms with Crippen LogP contribution in [0.4, 0.5) is 5.13 Å². The third-order valence-electron chi connectivity index (χ3n) is 5.59. The Kier molecular flexibility index (Phi) is 7.12. The summed E-state index contributed by atoms with van der Waals surface area (Å²) in [5, 5.41) is 5.15. The number of hydrogen-bond donors (Lipinski definition) is 1. The fourth-order valence-corrected chi connectivity index (χ4v) is 6.74. The molecule has 1 fully saturated rings. The van der Waals surface area contributed by atoms with E-state index < -0.39 is 15.9 Å². The third kappa shape index (κ3) is 5.18. The van der Waals surface area contributed by atoms with E-state index >= 15 is 0 Å². The van der Waals surface area contributed by atoms with Crippen LogP contribution in [0, 0.1) is 13.8 Å². The molecule has 34 heavy (non-hydrogen) atoms. The van der Waals surface area contributed by atoms with E-state index in [9.17, 15) is 13.2 Å². The van der Waals surface area contributed by atoms with Crippen molar-refractivity contribution in [3.63, 3.8) is 0 Å². The van der Waals surface area contributed by atoms with Crippen LogP contribution in [-0.4, -0.2) is 48.9 Å². The normalized spacial score (nSPS) is 19.2. The maximum absolute atomic E-state index is 13.3. The Morgan fingerprint density at radius 3 is 2.56 bits per heavy atom. The van der Waals surface area contributed by atoms with E-state index in [0.717, 1.165) is 22.4 Å². The molecule has 0 radical (unpaired) electrons. The van der Waals surface area contributed by atoms with E-state index in [4.69, 9.17) is 16.3 Å². The van der Waals surface area contributed by atoms with Crippen molar-refractivity contribution in [1.29, 1.82) is 0 Å². The maximum atomic E-state index is 13.3. The molecule has 2 unspecified atom stereocenters. The summed E-state index contributed by atoms with van der Waals surface area (Å²) in [7, 11) is -3.90. The van der Waals surface area contributed by atoms with Crippen molar-refractivity contribution < 1.29 is 17.9 Å². The molecule has 1 aromatic heterocycles. The Balaban J connectivity index is 1.57. The number of nitrogens with one attached hydrogen (secondary N) is 1. The summed E-state index contributed by atoms with van der Waals surface area (Å²) >= 11 is 7.57. The molecule has 1 saturated heterocycles. The van der Waals surface area contributed by atoms with Gasteiger partial charge in [-0.25, -0.2) is 13.4 Å². The predicted octanol–water partition coefficient (Wildman–Crippen LogP) is 5.13. The van der Waals surface area contributed by atoms with Gasteiger partial charge in [-0.1, -0.05) is 29.3 Å². The number of amides is 1. The zero-order valence-electron chi connectivity index (χ0n) is 19.3. The lowest BCUT2D eigenvalue weighted by Crippen LogP contribution is -2.48. The minimum atomic E-state index is -3.90. The summed E-state index contributed by atoms with van der Waals surface area (Å²) in [5.74, 6) is -0.460. The zero-order chi connectivity index (χ0) is 24.6. The molecule has 2 aromatic carbocycles. The molecule has 4 rings (SSSR count). The second-order valence-corrected chi connectivity index (χ2v) is 11.7. The van der Waals surface area contributed by atoms with E-state index in [0.29, 0.717) is 5.13 Å². The van der Waals surface area contributed by atoms with Crippen LogP contribution < -0.4 is 5.32 Å². The van der Waals surface area contributed by atoms with Crippen LogP contribution in [0.3, 0.4) is 0 Å². The van der Waals surface area contributed by atoms with Crippen molar-refractivity contribution in [2.45, 2.75) is 44.8 Å². The topological polar surface area (TPSA) is 88.6 Å². The van der Waals surface area contributed by atoms with E-state index in [-0.39, 0.29) is 40.8 Å². The number of aryl methyl sites for hydroxylation is 2. The number of benzene rings is 2. The molecule has 1 N–H and O–H groups in total. The summed E-state index contributed by atoms with van der Waals surface area (Å²) in [6.45, 7) is 8.12. The molecule has 1 aliphatic rings. The Hall–Kier alpha value is -2.30. The fraction of sp³-hybridized carbons (Fsp3) is 0.333. The number of thiazole rings is 1. The molecular weight excluding hydrogens is 494 g/mol. The molecular formula is C24H26ClN3O4S2. The Bertz CT molecular complexity index is 1330. The summed E-state index contributed by atoms with van der Waals surface area (Å²) in [6, 6.07) is 10.4. The highest BCUT2D eigenvalue weighted by molar-refractivity contribution is 7.89. The van der Waals surface area contributed by atoms with E-state index in [2.05, 4.69) is 16.4 Å². The Morgan fingerprint density at radius 2 is 1.85 bits per heavy atom. The maximum Gasteiger partial charge on any atom is 0.257 e. The standard InChI is InChI=1S/C24H26ClN3O4S2/c1-14-5-6-15(2)19(9-14)21-13-33-24(26-21)27-23(29)18-7-8-20(25)22(10-18)34(30,31)28-11-16(3)32-17(4)12-28/h5-10,13,16-17H,11-12H2,1-4H3,(H,26,27,29). The fourth-order valence-electron chi connectivity index (χ4n) is 3.94. The second-order valence-electron chi connectivity index (χ2n) is 8.53. The highest BCUT2D eigenvalue weighted by atomic mass is 35.5. The summed E-state index contributed by atoms with van der Waals surface area (Å²) in [4.78, 5) is 17.4. The van der Waals surface area contributed by atoms with Crippen molar-refractivity contribution in [2.24, 2.45) is 0 Å². The first kappa shape index (κ1) is 24.8. The van der Waals surface area contributed by atoms with Gasteiger partial charge in [0, 0.05) is 29.6 Å². The quantitative estimate of drug-likeness (QED) is 0.504. The van der Waals surface area contributed by atoms with Crippen LogP contribution in [-0.2, 0) is 14.8 Å². The third-order valence-corrected chi connectivity index (χ3v) is 8.66. The average Bonchev–Trinajstić information content (AvgIpc) is 3.23. The number of nitrogens with zero attached hydrogens (tertiary/aromatic N) is 2. The average molecular weight is 520 g/mol. The lowest BCUT2D eigenvalue weighted by molar-refractivity contribution is -0.0440. The Morgan fingerprint density at radius 1 is 1.15 bits per heavy atom. The number of halogens is 1. The molecule has 7 nitrogen and oxygen atoms in total. The lowest BCUT2D eigenvalue weighted by atomic mass is 10.0. The zero-order valence-corrected chi connectivity index (χ0v) is 21.7. The first-order chi connectivity index (χ1) is 16.0. The number of anilines is 1. The number of hydrogen-bond acceptors (Lipinski definition) is 6. The van der Waals surface area contributed by atoms with E-state index in [1.807, 2.05) is 45.2 Å². The van der Waals surface area contributed by atoms with Gasteiger partial charge in [-0.2, -0.15) is 4.31 Å². The van der Waals surface area contributed by atoms with Crippen molar-refractivity contribution >= 4 is 44.0 Å². The molecule has 180 valence electrons. The van der Waals surface area contributed by atoms with Crippen LogP contribution in [0.25, 0.3) is 11.3 Å². The van der Waals surface area contributed by atoms with Gasteiger partial charge >= 0.3 is 0 Å². The molecule has 3 aromatic rings. The SMILES string of the molecule is Cc1ccc(C)c(-c2csc(NC(=O)c3ccc(Cl)c(S(=O)(=O)N4CC(C)OC(C)C4)c3)n2)c1. The number of morpholine rings is 1. The summed E-state index contributed by atoms with van der Waals surface area (Å²) in [5.41, 5.74) is 4.18. The minimum Gasteiger partial charge on any atom is -0.373 e. The molecule has 10 heteroatoms. The Labute approximate surface area is 208 Å². The number of aromatic nitrogens is 1. The van der Waals surface area contributed by atoms with Crippen LogP contribution >= 0.6 is 22.9 Å². The van der Waals surface area contributed by atoms with Gasteiger partial charge in [0.25, 0.3) is 5.91 Å². The second kappa shape index (κ2) is 9.75. The molecule has 2 heterocycles. The van der Waals surface area contributed by atoms with Crippen LogP contribution in [0.2, 0.25) is 5.02 Å². The van der Waals surface area contributed by atoms with E-state index in [1.54, 1.807) is 0 Å². The van der Waals surface area contributed by atoms with Crippen molar-refractivity contribution in [2.75, 3.05) is 18.4 Å². The minimum absolute atomic E-state index is 0.0646. The van der Waals surface area contributed by atoms with Gasteiger partial charge in [0.2, 0.25) is 10.0 Å². The van der Waals surface area contributed by atoms with E-state index in [1.165, 1.54) is 33.8 Å². The lowest BCUT2D eigenvalue weighted by Gasteiger charge is -2.34. The summed E-state index contributed by atoms with van der Waals surface area (Å²) in [6.07, 6.45) is -0.472. The summed E-state index contributed by atoms with van der Waals surface area (Å²) < 4.78 is 33.6. The number of ether oxygens (including phenoxy) is 1. The van der Waals surface area contributed by atoms with Crippen LogP contribution in [0.15, 0.2) is 46.7 Å². The molecule has 0 spiro atoms. The molecule has 0 saturated carbocycles. The highest BCUT2D eigenvalue weighted by Crippen LogP contribution is 2.30. The van der Waals surface area contributed by atoms with Crippen molar-refractivity contribution in [1.82, 2.24) is 9.29 Å². The molecule has 1 aliphatic heterocycles. The van der Waals surface area contributed by atoms with Crippen LogP contribution in [0.5, 0.6) is 0 Å². The monoisotopic (exact) mass is 519 g/mol. The number of carbonyl (C=O) groups is 1. The van der Waals surface area contributed by atoms with Gasteiger partial charge in [-0.15, -0.1) is 11.3 Å². The van der Waals surface area contributed by atoms with Crippen molar-refractivity contribution in [3.05, 3.63) is 63.5 Å². The molecule has 2 atom stereocenters. The largest absolute Gasteiger partial charge is 0.373 e. The number of carbonyl (C=O) groups excluding carboxylic acids is 1. The van der Waals surface area contributed by atoms with Crippen molar-refractivity contribution in [3.8, 4) is 11.3 Å². The van der Waals surface area contributed by atoms with Gasteiger partial charge in [0.05, 0.1) is 22.9 Å². The smallest absolute Gasteiger partial charge is 0.257 e. The van der Waals surface area contributed by atoms with Gasteiger partial charge in [0.1, 0.15) is 4.90 Å². The van der Waals surface area contributed by atoms with Gasteiger partial charge < -0.3 is 4.74 Å². The van der Waals surface area contributed by atoms with Gasteiger partial charge in [-0.3, -0.25) is 10.1 Å². The predicted molar refractivity (Wildman–Crippen MR) is 135 cm³/mol. The van der Waals surface area contributed by atoms with Gasteiger partial charge in [0.15, 0.2) is 5.13 Å².